The Bertz CT molecular complexity index is 2070. The molecule has 0 aliphatic rings. The summed E-state index contributed by atoms with van der Waals surface area (Å²) in [6.45, 7) is 11.9. The topological polar surface area (TPSA) is 237 Å². The molecule has 0 heterocycles. The van der Waals surface area contributed by atoms with Gasteiger partial charge in [0.05, 0.1) is 26.4 Å². The second kappa shape index (κ2) is 72.7. The number of carbonyl (C=O) groups excluding carboxylic acids is 4. The SMILES string of the molecule is CCCCCC/C=C\C=C/CCCCCCCC(=O)OC[C@H](COP(=O)(O)OC[C@@H](O)COP(=O)(O)OC[C@@H](COC(=O)CCCCCCCCC(C)CC)OC(=O)CCCCCCCCCCCCCCCCCCCCC(C)C)OC(=O)CCCCCCCCCCCCCCCC(C)C. The van der Waals surface area contributed by atoms with Gasteiger partial charge in [0.15, 0.2) is 12.2 Å². The van der Waals surface area contributed by atoms with Crippen molar-refractivity contribution in [1.82, 2.24) is 0 Å². The number of rotatable bonds is 79. The smallest absolute Gasteiger partial charge is 0.462 e. The van der Waals surface area contributed by atoms with Crippen LogP contribution in [0, 0.1) is 17.8 Å². The number of hydrogen-bond acceptors (Lipinski definition) is 15. The summed E-state index contributed by atoms with van der Waals surface area (Å²) in [7, 11) is -9.94. The van der Waals surface area contributed by atoms with Crippen LogP contribution in [0.3, 0.4) is 0 Å². The van der Waals surface area contributed by atoms with Crippen molar-refractivity contribution in [2.45, 2.75) is 426 Å². The van der Waals surface area contributed by atoms with E-state index >= 15 is 0 Å². The van der Waals surface area contributed by atoms with Crippen LogP contribution in [0.15, 0.2) is 24.3 Å². The number of carbonyl (C=O) groups is 4. The maximum Gasteiger partial charge on any atom is 0.472 e. The zero-order chi connectivity index (χ0) is 75.1. The third-order valence-corrected chi connectivity index (χ3v) is 21.0. The lowest BCUT2D eigenvalue weighted by Gasteiger charge is -2.21. The fraction of sp³-hybridized carbons (Fsp3) is 0.904. The summed E-state index contributed by atoms with van der Waals surface area (Å²) in [4.78, 5) is 73.1. The largest absolute Gasteiger partial charge is 0.472 e. The molecule has 0 amide bonds. The van der Waals surface area contributed by atoms with Gasteiger partial charge in [-0.1, -0.05) is 355 Å². The van der Waals surface area contributed by atoms with Gasteiger partial charge in [-0.2, -0.15) is 0 Å². The number of hydrogen-bond donors (Lipinski definition) is 3. The van der Waals surface area contributed by atoms with Crippen molar-refractivity contribution in [2.24, 2.45) is 17.8 Å². The predicted molar refractivity (Wildman–Crippen MR) is 418 cm³/mol. The van der Waals surface area contributed by atoms with Crippen LogP contribution < -0.4 is 0 Å². The molecule has 0 aromatic carbocycles. The van der Waals surface area contributed by atoms with Crippen LogP contribution in [-0.2, 0) is 65.4 Å². The van der Waals surface area contributed by atoms with Crippen molar-refractivity contribution in [2.75, 3.05) is 39.6 Å². The molecule has 0 saturated carbocycles. The summed E-state index contributed by atoms with van der Waals surface area (Å²) in [5.74, 6) is 0.192. The lowest BCUT2D eigenvalue weighted by molar-refractivity contribution is -0.161. The second-order valence-corrected chi connectivity index (χ2v) is 33.3. The lowest BCUT2D eigenvalue weighted by atomic mass is 10.00. The third kappa shape index (κ3) is 74.4. The van der Waals surface area contributed by atoms with Crippen molar-refractivity contribution in [1.29, 1.82) is 0 Å². The van der Waals surface area contributed by atoms with Gasteiger partial charge in [0, 0.05) is 25.7 Å². The van der Waals surface area contributed by atoms with Gasteiger partial charge in [0.1, 0.15) is 19.3 Å². The first-order valence-corrected chi connectivity index (χ1v) is 45.2. The second-order valence-electron chi connectivity index (χ2n) is 30.4. The quantitative estimate of drug-likeness (QED) is 0.0169. The molecule has 0 aliphatic carbocycles. The first kappa shape index (κ1) is 99.5. The molecule has 602 valence electrons. The third-order valence-electron chi connectivity index (χ3n) is 19.1. The number of phosphoric ester groups is 2. The fourth-order valence-electron chi connectivity index (χ4n) is 12.3. The molecule has 3 N–H and O–H groups in total. The van der Waals surface area contributed by atoms with Crippen LogP contribution >= 0.6 is 15.6 Å². The van der Waals surface area contributed by atoms with Crippen molar-refractivity contribution >= 4 is 39.5 Å². The molecule has 19 heteroatoms. The molecule has 17 nitrogen and oxygen atoms in total. The average molecular weight is 1490 g/mol. The Labute approximate surface area is 624 Å². The minimum atomic E-state index is -4.97. The molecule has 0 radical (unpaired) electrons. The molecule has 0 rings (SSSR count). The van der Waals surface area contributed by atoms with E-state index in [1.807, 2.05) is 0 Å². The molecular formula is C83H158O17P2. The molecule has 0 fully saturated rings. The summed E-state index contributed by atoms with van der Waals surface area (Å²) in [6, 6.07) is 0. The molecule has 0 aliphatic heterocycles. The normalized spacial score (nSPS) is 14.4. The summed E-state index contributed by atoms with van der Waals surface area (Å²) in [5, 5.41) is 10.6. The summed E-state index contributed by atoms with van der Waals surface area (Å²) >= 11 is 0. The van der Waals surface area contributed by atoms with E-state index in [9.17, 15) is 43.2 Å². The van der Waals surface area contributed by atoms with Gasteiger partial charge in [-0.3, -0.25) is 37.3 Å². The number of aliphatic hydroxyl groups is 1. The Morgan fingerprint density at radius 2 is 0.578 bits per heavy atom. The number of esters is 4. The minimum absolute atomic E-state index is 0.100. The highest BCUT2D eigenvalue weighted by Gasteiger charge is 2.30. The zero-order valence-electron chi connectivity index (χ0n) is 66.6. The van der Waals surface area contributed by atoms with Crippen LogP contribution in [0.2, 0.25) is 0 Å². The van der Waals surface area contributed by atoms with E-state index in [-0.39, 0.29) is 25.7 Å². The highest BCUT2D eigenvalue weighted by Crippen LogP contribution is 2.45. The standard InChI is InChI=1S/C83H158O17P2/c1-8-10-11-12-13-14-15-16-21-27-32-37-42-50-57-64-80(85)93-70-78(99-82(87)67-60-53-44-39-34-29-24-26-31-36-41-48-55-62-75(5)6)72-97-101(89,90)95-68-77(84)69-96-102(91,92)98-73-79(71-94-81(86)65-58-51-46-45-49-56-63-76(7)9-2)100-83(88)66-59-52-43-38-33-28-23-20-18-17-19-22-25-30-35-40-47-54-61-74(3)4/h14-16,21,74-79,84H,8-13,17-20,22-73H2,1-7H3,(H,89,90)(H,91,92)/b15-14-,21-16-/t76?,77-,78-,79-/m1/s1. The summed E-state index contributed by atoms with van der Waals surface area (Å²) in [5.41, 5.74) is 0. The molecule has 3 unspecified atom stereocenters. The molecule has 0 bridgehead atoms. The van der Waals surface area contributed by atoms with E-state index in [1.54, 1.807) is 0 Å². The van der Waals surface area contributed by atoms with Gasteiger partial charge in [-0.25, -0.2) is 9.13 Å². The van der Waals surface area contributed by atoms with Crippen molar-refractivity contribution in [3.05, 3.63) is 24.3 Å². The molecule has 0 aromatic rings. The average Bonchev–Trinajstić information content (AvgIpc) is 0.992. The highest BCUT2D eigenvalue weighted by molar-refractivity contribution is 7.47. The van der Waals surface area contributed by atoms with Crippen molar-refractivity contribution < 1.29 is 80.2 Å². The monoisotopic (exact) mass is 1490 g/mol. The van der Waals surface area contributed by atoms with Gasteiger partial charge in [0.25, 0.3) is 0 Å². The van der Waals surface area contributed by atoms with Crippen LogP contribution in [-0.4, -0.2) is 96.7 Å². The maximum atomic E-state index is 13.1. The van der Waals surface area contributed by atoms with Crippen molar-refractivity contribution in [3.63, 3.8) is 0 Å². The van der Waals surface area contributed by atoms with Gasteiger partial charge < -0.3 is 33.8 Å². The maximum absolute atomic E-state index is 13.1. The number of allylic oxidation sites excluding steroid dienone is 4. The van der Waals surface area contributed by atoms with Gasteiger partial charge in [0.2, 0.25) is 0 Å². The van der Waals surface area contributed by atoms with E-state index < -0.39 is 97.5 Å². The molecular weight excluding hydrogens is 1330 g/mol. The van der Waals surface area contributed by atoms with Crippen LogP contribution in [0.5, 0.6) is 0 Å². The van der Waals surface area contributed by atoms with Crippen LogP contribution in [0.1, 0.15) is 408 Å². The molecule has 102 heavy (non-hydrogen) atoms. The fourth-order valence-corrected chi connectivity index (χ4v) is 13.8. The zero-order valence-corrected chi connectivity index (χ0v) is 68.4. The van der Waals surface area contributed by atoms with E-state index in [2.05, 4.69) is 72.8 Å². The Kier molecular flexibility index (Phi) is 71.0. The number of aliphatic hydroxyl groups excluding tert-OH is 1. The van der Waals surface area contributed by atoms with Gasteiger partial charge in [-0.05, 0) is 69.1 Å². The summed E-state index contributed by atoms with van der Waals surface area (Å²) in [6.07, 6.45) is 64.7. The summed E-state index contributed by atoms with van der Waals surface area (Å²) < 4.78 is 68.7. The first-order valence-electron chi connectivity index (χ1n) is 42.2. The predicted octanol–water partition coefficient (Wildman–Crippen LogP) is 24.5. The molecule has 6 atom stereocenters. The molecule has 0 spiro atoms. The molecule has 0 saturated heterocycles. The first-order chi connectivity index (χ1) is 49.3. The Morgan fingerprint density at radius 3 is 0.873 bits per heavy atom. The van der Waals surface area contributed by atoms with Gasteiger partial charge in [-0.15, -0.1) is 0 Å². The van der Waals surface area contributed by atoms with Gasteiger partial charge >= 0.3 is 39.5 Å². The highest BCUT2D eigenvalue weighted by atomic mass is 31.2. The van der Waals surface area contributed by atoms with Crippen molar-refractivity contribution in [3.8, 4) is 0 Å². The van der Waals surface area contributed by atoms with E-state index in [0.717, 1.165) is 133 Å². The lowest BCUT2D eigenvalue weighted by Crippen LogP contribution is -2.30. The number of phosphoric acid groups is 2. The van der Waals surface area contributed by atoms with E-state index in [4.69, 9.17) is 37.0 Å². The van der Waals surface area contributed by atoms with Crippen LogP contribution in [0.4, 0.5) is 0 Å². The van der Waals surface area contributed by atoms with E-state index in [0.29, 0.717) is 25.7 Å². The molecule has 0 aromatic heterocycles. The number of ether oxygens (including phenoxy) is 4. The van der Waals surface area contributed by atoms with Crippen LogP contribution in [0.25, 0.3) is 0 Å². The number of unbranched alkanes of at least 4 members (excludes halogenated alkanes) is 43. The Morgan fingerprint density at radius 1 is 0.324 bits per heavy atom. The Hall–Kier alpha value is -2.46. The Balaban J connectivity index is 5.24. The van der Waals surface area contributed by atoms with E-state index in [1.165, 1.54) is 193 Å². The minimum Gasteiger partial charge on any atom is -0.462 e.